The molecule has 0 atom stereocenters. The van der Waals surface area contributed by atoms with Crippen LogP contribution in [-0.4, -0.2) is 38.8 Å². The zero-order valence-electron chi connectivity index (χ0n) is 22.1. The van der Waals surface area contributed by atoms with Crippen molar-refractivity contribution in [3.63, 3.8) is 0 Å². The Bertz CT molecular complexity index is 2060. The van der Waals surface area contributed by atoms with Gasteiger partial charge in [0.15, 0.2) is 5.75 Å². The van der Waals surface area contributed by atoms with Gasteiger partial charge in [-0.15, -0.1) is 11.3 Å². The van der Waals surface area contributed by atoms with Crippen molar-refractivity contribution in [2.45, 2.75) is 26.3 Å². The van der Waals surface area contributed by atoms with Crippen molar-refractivity contribution < 1.29 is 41.3 Å². The molecule has 0 amide bonds. The number of pyridine rings is 1. The molecular weight excluding hydrogens is 635 g/mol. The Morgan fingerprint density at radius 1 is 1.23 bits per heavy atom. The third-order valence-corrected chi connectivity index (χ3v) is 7.74. The van der Waals surface area contributed by atoms with E-state index >= 15 is 0 Å². The average molecular weight is 651 g/mol. The first-order valence-corrected chi connectivity index (χ1v) is 13.6. The van der Waals surface area contributed by atoms with Crippen LogP contribution in [-0.2, 0) is 12.7 Å². The number of carbonyl (C=O) groups is 1. The third-order valence-electron chi connectivity index (χ3n) is 6.50. The molecule has 44 heavy (non-hydrogen) atoms. The zero-order valence-corrected chi connectivity index (χ0v) is 23.7. The molecule has 226 valence electrons. The van der Waals surface area contributed by atoms with E-state index in [4.69, 9.17) is 16.3 Å². The van der Waals surface area contributed by atoms with Gasteiger partial charge in [-0.3, -0.25) is 14.3 Å². The lowest BCUT2D eigenvalue weighted by atomic mass is 10.0. The Hall–Kier alpha value is -4.81. The maximum atomic E-state index is 13.7. The van der Waals surface area contributed by atoms with Crippen LogP contribution in [0.1, 0.15) is 27.3 Å². The van der Waals surface area contributed by atoms with Gasteiger partial charge >= 0.3 is 18.8 Å². The summed E-state index contributed by atoms with van der Waals surface area (Å²) in [5, 5.41) is 20.3. The molecular formula is C28H16ClF5N4O5S. The fourth-order valence-electron chi connectivity index (χ4n) is 4.65. The number of aromatic carboxylic acids is 1. The molecule has 3 aromatic heterocycles. The number of nitriles is 1. The summed E-state index contributed by atoms with van der Waals surface area (Å²) in [5.74, 6) is -2.35. The summed E-state index contributed by atoms with van der Waals surface area (Å²) >= 11 is 7.41. The highest BCUT2D eigenvalue weighted by Crippen LogP contribution is 2.42. The van der Waals surface area contributed by atoms with Crippen LogP contribution in [0.25, 0.3) is 32.2 Å². The molecule has 1 N–H and O–H groups in total. The Labute approximate surface area is 252 Å². The van der Waals surface area contributed by atoms with Crippen LogP contribution in [0.4, 0.5) is 22.0 Å². The van der Waals surface area contributed by atoms with Gasteiger partial charge in [-0.25, -0.2) is 9.78 Å². The first-order chi connectivity index (χ1) is 20.8. The maximum absolute atomic E-state index is 13.7. The van der Waals surface area contributed by atoms with Crippen LogP contribution in [0.15, 0.2) is 46.7 Å². The van der Waals surface area contributed by atoms with Crippen LogP contribution in [0.2, 0.25) is 5.02 Å². The summed E-state index contributed by atoms with van der Waals surface area (Å²) in [7, 11) is 0. The minimum Gasteiger partial charge on any atom is -0.491 e. The van der Waals surface area contributed by atoms with Crippen molar-refractivity contribution in [2.75, 3.05) is 6.61 Å². The van der Waals surface area contributed by atoms with Crippen molar-refractivity contribution in [3.05, 3.63) is 79.8 Å². The van der Waals surface area contributed by atoms with Gasteiger partial charge < -0.3 is 14.6 Å². The lowest BCUT2D eigenvalue weighted by Gasteiger charge is -2.18. The number of carboxylic acid groups (broad SMARTS) is 1. The van der Waals surface area contributed by atoms with Crippen LogP contribution < -0.4 is 15.0 Å². The highest BCUT2D eigenvalue weighted by Gasteiger charge is 2.38. The van der Waals surface area contributed by atoms with Crippen LogP contribution >= 0.6 is 22.9 Å². The first kappa shape index (κ1) is 30.6. The second-order valence-electron chi connectivity index (χ2n) is 9.11. The fraction of sp³-hybridized carbons (Fsp3) is 0.179. The summed E-state index contributed by atoms with van der Waals surface area (Å²) in [6.45, 7) is -2.75. The van der Waals surface area contributed by atoms with E-state index in [9.17, 15) is 41.9 Å². The number of aryl methyl sites for hydroxylation is 1. The van der Waals surface area contributed by atoms with E-state index in [0.29, 0.717) is 32.7 Å². The number of rotatable bonds is 8. The van der Waals surface area contributed by atoms with Gasteiger partial charge in [-0.2, -0.15) is 27.2 Å². The van der Waals surface area contributed by atoms with Gasteiger partial charge in [0.2, 0.25) is 0 Å². The van der Waals surface area contributed by atoms with Gasteiger partial charge in [-0.1, -0.05) is 11.6 Å². The van der Waals surface area contributed by atoms with Crippen molar-refractivity contribution >= 4 is 50.0 Å². The number of nitrogens with zero attached hydrogens (tertiary/aromatic N) is 4. The number of hydrogen-bond acceptors (Lipinski definition) is 8. The molecule has 0 saturated carbocycles. The molecule has 0 fully saturated rings. The molecule has 0 unspecified atom stereocenters. The molecule has 2 aromatic carbocycles. The molecule has 0 aliphatic carbocycles. The minimum atomic E-state index is -5.18. The zero-order chi connectivity index (χ0) is 31.9. The van der Waals surface area contributed by atoms with E-state index in [-0.39, 0.29) is 30.1 Å². The summed E-state index contributed by atoms with van der Waals surface area (Å²) in [4.78, 5) is 33.2. The maximum Gasteiger partial charge on any atom is 0.420 e. The van der Waals surface area contributed by atoms with Crippen molar-refractivity contribution in [1.82, 2.24) is 14.5 Å². The number of halogens is 6. The molecule has 16 heteroatoms. The number of benzene rings is 2. The predicted octanol–water partition coefficient (Wildman–Crippen LogP) is 6.90. The summed E-state index contributed by atoms with van der Waals surface area (Å²) in [6.07, 6.45) is -3.74. The highest BCUT2D eigenvalue weighted by molar-refractivity contribution is 7.18. The number of ether oxygens (including phenoxy) is 2. The third kappa shape index (κ3) is 5.61. The molecule has 0 aliphatic rings. The van der Waals surface area contributed by atoms with Gasteiger partial charge in [0.05, 0.1) is 33.2 Å². The SMILES string of the molecule is Cc1nc2cc(C(F)(F)F)c(OC(F)F)c(C#N)c2c(=O)n1CCOc1ccc(Cl)cc1-c1ccnc2c(C(=O)O)csc12. The molecule has 5 rings (SSSR count). The van der Waals surface area contributed by atoms with Gasteiger partial charge in [0.1, 0.15) is 35.4 Å². The van der Waals surface area contributed by atoms with Crippen molar-refractivity contribution in [2.24, 2.45) is 0 Å². The molecule has 3 heterocycles. The summed E-state index contributed by atoms with van der Waals surface area (Å²) in [6, 6.07) is 8.14. The van der Waals surface area contributed by atoms with Gasteiger partial charge in [0, 0.05) is 27.7 Å². The standard InChI is InChI=1S/C28H16ClF5N4O5S/c1-12-37-19-9-18(28(32,33)34)23(43-27(30)31)16(10-35)21(19)25(39)38(12)6-7-42-20-3-2-13(29)8-15(20)14-4-5-36-22-17(26(40)41)11-44-24(14)22/h2-5,8-9,11,27H,6-7H2,1H3,(H,40,41). The number of alkyl halides is 5. The number of hydrogen-bond donors (Lipinski definition) is 1. The van der Waals surface area contributed by atoms with Crippen LogP contribution in [0.5, 0.6) is 11.5 Å². The van der Waals surface area contributed by atoms with E-state index in [0.717, 1.165) is 15.9 Å². The van der Waals surface area contributed by atoms with E-state index in [1.807, 2.05) is 0 Å². The number of aromatic nitrogens is 3. The Morgan fingerprint density at radius 2 is 1.98 bits per heavy atom. The normalized spacial score (nSPS) is 11.7. The van der Waals surface area contributed by atoms with Gasteiger partial charge in [0.25, 0.3) is 5.56 Å². The Balaban J connectivity index is 1.53. The quantitative estimate of drug-likeness (QED) is 0.180. The van der Waals surface area contributed by atoms with Crippen LogP contribution in [0, 0.1) is 18.3 Å². The lowest BCUT2D eigenvalue weighted by Crippen LogP contribution is -2.28. The molecule has 9 nitrogen and oxygen atoms in total. The summed E-state index contributed by atoms with van der Waals surface area (Å²) in [5.41, 5.74) is -2.82. The Kier molecular flexibility index (Phi) is 8.15. The van der Waals surface area contributed by atoms with E-state index in [2.05, 4.69) is 14.7 Å². The van der Waals surface area contributed by atoms with E-state index < -0.39 is 52.1 Å². The molecule has 5 aromatic rings. The number of thiophene rings is 1. The highest BCUT2D eigenvalue weighted by atomic mass is 35.5. The first-order valence-electron chi connectivity index (χ1n) is 12.3. The second kappa shape index (κ2) is 11.7. The monoisotopic (exact) mass is 650 g/mol. The molecule has 0 aliphatic heterocycles. The fourth-order valence-corrected chi connectivity index (χ4v) is 5.85. The number of fused-ring (bicyclic) bond motifs is 2. The van der Waals surface area contributed by atoms with E-state index in [1.54, 1.807) is 24.3 Å². The predicted molar refractivity (Wildman–Crippen MR) is 150 cm³/mol. The van der Waals surface area contributed by atoms with Crippen LogP contribution in [0.3, 0.4) is 0 Å². The lowest BCUT2D eigenvalue weighted by molar-refractivity contribution is -0.141. The molecule has 0 saturated heterocycles. The topological polar surface area (TPSA) is 127 Å². The summed E-state index contributed by atoms with van der Waals surface area (Å²) < 4.78 is 78.6. The number of carboxylic acids is 1. The molecule has 0 radical (unpaired) electrons. The smallest absolute Gasteiger partial charge is 0.420 e. The average Bonchev–Trinajstić information content (AvgIpc) is 3.39. The Morgan fingerprint density at radius 3 is 2.64 bits per heavy atom. The van der Waals surface area contributed by atoms with Crippen molar-refractivity contribution in [3.8, 4) is 28.7 Å². The van der Waals surface area contributed by atoms with Crippen molar-refractivity contribution in [1.29, 1.82) is 5.26 Å². The largest absolute Gasteiger partial charge is 0.491 e. The molecule has 0 bridgehead atoms. The minimum absolute atomic E-state index is 0.0243. The van der Waals surface area contributed by atoms with E-state index in [1.165, 1.54) is 24.6 Å². The molecule has 0 spiro atoms. The van der Waals surface area contributed by atoms with Gasteiger partial charge in [-0.05, 0) is 37.3 Å². The second-order valence-corrected chi connectivity index (χ2v) is 10.4.